The Morgan fingerprint density at radius 1 is 1.03 bits per heavy atom. The molecule has 2 aromatic rings. The third kappa shape index (κ3) is 3.33. The van der Waals surface area contributed by atoms with Crippen LogP contribution in [-0.2, 0) is 0 Å². The fourth-order valence-electron chi connectivity index (χ4n) is 5.20. The minimum absolute atomic E-state index is 0.122. The summed E-state index contributed by atoms with van der Waals surface area (Å²) in [5.74, 6) is 0.475. The summed E-state index contributed by atoms with van der Waals surface area (Å²) >= 11 is 0. The van der Waals surface area contributed by atoms with Gasteiger partial charge in [0.15, 0.2) is 11.5 Å². The number of benzene rings is 2. The monoisotopic (exact) mass is 440 g/mol. The molecule has 2 aliphatic heterocycles. The van der Waals surface area contributed by atoms with E-state index < -0.39 is 6.10 Å². The largest absolute Gasteiger partial charge is 0.468 e. The van der Waals surface area contributed by atoms with Gasteiger partial charge in [-0.05, 0) is 50.6 Å². The van der Waals surface area contributed by atoms with Gasteiger partial charge >= 0.3 is 0 Å². The molecule has 2 heterocycles. The molecular weight excluding hydrogens is 414 g/mol. The summed E-state index contributed by atoms with van der Waals surface area (Å²) in [5.41, 5.74) is 4.99. The van der Waals surface area contributed by atoms with Crippen LogP contribution in [0.3, 0.4) is 0 Å². The zero-order valence-electron chi connectivity index (χ0n) is 18.6. The molecule has 0 bridgehead atoms. The summed E-state index contributed by atoms with van der Waals surface area (Å²) in [5, 5.41) is 3.46. The lowest BCUT2D eigenvalue weighted by Gasteiger charge is -2.30. The number of allylic oxidation sites excluding steroid dienone is 1. The zero-order chi connectivity index (χ0) is 22.5. The Morgan fingerprint density at radius 2 is 1.76 bits per heavy atom. The Bertz CT molecular complexity index is 1280. The van der Waals surface area contributed by atoms with Crippen LogP contribution < -0.4 is 15.0 Å². The molecule has 1 saturated heterocycles. The fraction of sp³-hybridized carbons (Fsp3) is 0.296. The minimum atomic E-state index is -0.463. The Morgan fingerprint density at radius 3 is 2.52 bits per heavy atom. The predicted molar refractivity (Wildman–Crippen MR) is 125 cm³/mol. The number of nitrogens with one attached hydrogen (secondary N) is 2. The van der Waals surface area contributed by atoms with Crippen molar-refractivity contribution in [2.75, 3.05) is 26.2 Å². The molecule has 33 heavy (non-hydrogen) atoms. The van der Waals surface area contributed by atoms with Crippen molar-refractivity contribution in [1.82, 2.24) is 10.2 Å². The summed E-state index contributed by atoms with van der Waals surface area (Å²) in [7, 11) is 0. The molecule has 1 unspecified atom stereocenters. The van der Waals surface area contributed by atoms with Crippen molar-refractivity contribution in [2.45, 2.75) is 25.9 Å². The molecule has 6 heteroatoms. The van der Waals surface area contributed by atoms with Crippen LogP contribution in [0.4, 0.5) is 5.69 Å². The molecule has 2 N–H and O–H groups in total. The molecule has 6 nitrogen and oxygen atoms in total. The number of fused-ring (bicyclic) bond motifs is 4. The van der Waals surface area contributed by atoms with Crippen molar-refractivity contribution in [3.63, 3.8) is 0 Å². The number of likely N-dealkylation sites (tertiary alicyclic amines) is 1. The van der Waals surface area contributed by atoms with Crippen LogP contribution in [0.2, 0.25) is 0 Å². The number of rotatable bonds is 4. The summed E-state index contributed by atoms with van der Waals surface area (Å²) < 4.78 is 6.30. The predicted octanol–water partition coefficient (Wildman–Crippen LogP) is 1.87. The van der Waals surface area contributed by atoms with Crippen LogP contribution in [0.1, 0.15) is 39.1 Å². The number of hydrogen-bond donors (Lipinski definition) is 2. The maximum atomic E-state index is 13.7. The standard InChI is InChI=1S/C27H25N3O3/c1-16-8-9-21-19(14-16)29-25-22(33-21)15-20(28-10-13-30-11-4-5-12-30)23-24(25)27(32)18-7-3-2-6-17(18)26(23)31/h2-3,6-9,14-15,22,28H,4-5,10-13H2,1H3/p+1. The van der Waals surface area contributed by atoms with Gasteiger partial charge in [-0.25, -0.2) is 4.99 Å². The highest BCUT2D eigenvalue weighted by atomic mass is 16.5. The van der Waals surface area contributed by atoms with Crippen molar-refractivity contribution in [1.29, 1.82) is 0 Å². The number of ketones is 2. The Labute approximate surface area is 192 Å². The van der Waals surface area contributed by atoms with Gasteiger partial charge in [0.1, 0.15) is 5.57 Å². The first-order valence-corrected chi connectivity index (χ1v) is 11.6. The van der Waals surface area contributed by atoms with Gasteiger partial charge in [-0.2, -0.15) is 0 Å². The van der Waals surface area contributed by atoms with Crippen LogP contribution in [0.25, 0.3) is 0 Å². The second-order valence-corrected chi connectivity index (χ2v) is 9.09. The Kier molecular flexibility index (Phi) is 4.76. The molecule has 1 atom stereocenters. The Hall–Kier alpha value is -3.51. The van der Waals surface area contributed by atoms with Crippen LogP contribution in [0.5, 0.6) is 5.75 Å². The highest BCUT2D eigenvalue weighted by Gasteiger charge is 2.46. The number of ether oxygens (including phenoxy) is 1. The third-order valence-electron chi connectivity index (χ3n) is 6.86. The lowest BCUT2D eigenvalue weighted by molar-refractivity contribution is -0.363. The summed E-state index contributed by atoms with van der Waals surface area (Å²) in [6.07, 6.45) is 3.95. The molecule has 0 saturated carbocycles. The van der Waals surface area contributed by atoms with Gasteiger partial charge in [-0.1, -0.05) is 30.3 Å². The zero-order valence-corrected chi connectivity index (χ0v) is 18.6. The number of Topliss-reactive ketones (excluding diaryl/α,β-unsaturated/α-hetero) is 2. The fourth-order valence-corrected chi connectivity index (χ4v) is 5.20. The molecular formula is C27H26N3O3+. The number of hydrogen-bond acceptors (Lipinski definition) is 5. The minimum Gasteiger partial charge on any atom is -0.468 e. The van der Waals surface area contributed by atoms with E-state index in [1.807, 2.05) is 31.2 Å². The highest BCUT2D eigenvalue weighted by Crippen LogP contribution is 2.36. The first-order valence-electron chi connectivity index (χ1n) is 11.6. The molecule has 0 aromatic heterocycles. The van der Waals surface area contributed by atoms with Crippen molar-refractivity contribution < 1.29 is 19.3 Å². The molecule has 6 rings (SSSR count). The van der Waals surface area contributed by atoms with Gasteiger partial charge in [0.05, 0.1) is 5.57 Å². The molecule has 0 radical (unpaired) electrons. The Balaban J connectivity index is 1.44. The van der Waals surface area contributed by atoms with E-state index in [-0.39, 0.29) is 11.6 Å². The first kappa shape index (κ1) is 20.1. The van der Waals surface area contributed by atoms with Crippen LogP contribution in [0, 0.1) is 6.92 Å². The molecule has 166 valence electrons. The lowest BCUT2D eigenvalue weighted by Crippen LogP contribution is -2.73. The smallest absolute Gasteiger partial charge is 0.246 e. The highest BCUT2D eigenvalue weighted by molar-refractivity contribution is 6.39. The van der Waals surface area contributed by atoms with E-state index in [1.165, 1.54) is 12.8 Å². The SMILES string of the molecule is Cc1ccc2c(c1)[NH+]=C1C3=C(C(=O)c4ccccc4C3=O)C(NCCN3CCCC3)=CC1O2. The van der Waals surface area contributed by atoms with E-state index in [0.29, 0.717) is 40.2 Å². The average Bonchev–Trinajstić information content (AvgIpc) is 3.34. The topological polar surface area (TPSA) is 72.6 Å². The van der Waals surface area contributed by atoms with E-state index in [2.05, 4.69) is 15.2 Å². The number of carbonyl (C=O) groups excluding carboxylic acids is 2. The normalized spacial score (nSPS) is 21.4. The van der Waals surface area contributed by atoms with E-state index in [9.17, 15) is 9.59 Å². The molecule has 2 aromatic carbocycles. The first-order chi connectivity index (χ1) is 16.1. The van der Waals surface area contributed by atoms with Crippen molar-refractivity contribution in [2.24, 2.45) is 0 Å². The lowest BCUT2D eigenvalue weighted by atomic mass is 9.76. The number of aryl methyl sites for hydroxylation is 1. The quantitative estimate of drug-likeness (QED) is 0.760. The van der Waals surface area contributed by atoms with E-state index in [4.69, 9.17) is 4.74 Å². The van der Waals surface area contributed by atoms with Gasteiger partial charge in [-0.15, -0.1) is 0 Å². The number of carbonyl (C=O) groups is 2. The summed E-state index contributed by atoms with van der Waals surface area (Å²) in [6, 6.07) is 13.0. The molecule has 4 aliphatic rings. The summed E-state index contributed by atoms with van der Waals surface area (Å²) in [4.78, 5) is 33.1. The van der Waals surface area contributed by atoms with Gasteiger partial charge in [-0.3, -0.25) is 9.59 Å². The number of nitrogens with zero attached hydrogens (tertiary/aromatic N) is 1. The van der Waals surface area contributed by atoms with E-state index in [0.717, 1.165) is 36.6 Å². The van der Waals surface area contributed by atoms with Crippen molar-refractivity contribution in [3.05, 3.63) is 82.1 Å². The third-order valence-corrected chi connectivity index (χ3v) is 6.86. The second kappa shape index (κ2) is 7.81. The second-order valence-electron chi connectivity index (χ2n) is 9.09. The van der Waals surface area contributed by atoms with E-state index >= 15 is 0 Å². The van der Waals surface area contributed by atoms with Gasteiger partial charge in [0.2, 0.25) is 23.3 Å². The molecule has 2 aliphatic carbocycles. The van der Waals surface area contributed by atoms with Crippen LogP contribution in [-0.4, -0.2) is 54.5 Å². The maximum absolute atomic E-state index is 13.7. The molecule has 0 spiro atoms. The van der Waals surface area contributed by atoms with Gasteiger partial charge in [0.25, 0.3) is 0 Å². The van der Waals surface area contributed by atoms with Gasteiger partial charge < -0.3 is 15.0 Å². The van der Waals surface area contributed by atoms with Crippen LogP contribution >= 0.6 is 0 Å². The van der Waals surface area contributed by atoms with E-state index in [1.54, 1.807) is 24.3 Å². The van der Waals surface area contributed by atoms with Crippen LogP contribution in [0.15, 0.2) is 65.4 Å². The molecule has 1 fully saturated rings. The maximum Gasteiger partial charge on any atom is 0.246 e. The van der Waals surface area contributed by atoms with Gasteiger partial charge in [0, 0.05) is 36.0 Å². The summed E-state index contributed by atoms with van der Waals surface area (Å²) in [6.45, 7) is 5.85. The average molecular weight is 441 g/mol. The van der Waals surface area contributed by atoms with Crippen molar-refractivity contribution >= 4 is 23.0 Å². The molecule has 0 amide bonds. The van der Waals surface area contributed by atoms with Crippen molar-refractivity contribution in [3.8, 4) is 5.75 Å².